The van der Waals surface area contributed by atoms with E-state index in [1.807, 2.05) is 18.7 Å². The Balaban J connectivity index is 3.48. The lowest BCUT2D eigenvalue weighted by atomic mass is 10.1. The highest BCUT2D eigenvalue weighted by Crippen LogP contribution is 2.04. The Morgan fingerprint density at radius 1 is 1.21 bits per heavy atom. The second-order valence-electron chi connectivity index (χ2n) is 3.33. The van der Waals surface area contributed by atoms with E-state index in [1.54, 1.807) is 0 Å². The Labute approximate surface area is 87.7 Å². The molecule has 0 bridgehead atoms. The maximum atomic E-state index is 11.5. The first kappa shape index (κ1) is 13.0. The van der Waals surface area contributed by atoms with Gasteiger partial charge >= 0.3 is 0 Å². The first-order chi connectivity index (χ1) is 6.76. The molecule has 0 aliphatic heterocycles. The molecule has 80 valence electrons. The van der Waals surface area contributed by atoms with Crippen molar-refractivity contribution in [2.75, 3.05) is 13.1 Å². The highest BCUT2D eigenvalue weighted by Gasteiger charge is 2.07. The molecule has 0 saturated carbocycles. The maximum Gasteiger partial charge on any atom is 0.222 e. The summed E-state index contributed by atoms with van der Waals surface area (Å²) in [5.41, 5.74) is 0. The van der Waals surface area contributed by atoms with Gasteiger partial charge in [0.25, 0.3) is 0 Å². The van der Waals surface area contributed by atoms with Crippen molar-refractivity contribution in [3.8, 4) is 12.3 Å². The van der Waals surface area contributed by atoms with E-state index in [-0.39, 0.29) is 5.91 Å². The van der Waals surface area contributed by atoms with E-state index in [9.17, 15) is 4.79 Å². The summed E-state index contributed by atoms with van der Waals surface area (Å²) in [6.45, 7) is 5.67. The first-order valence-electron chi connectivity index (χ1n) is 5.47. The van der Waals surface area contributed by atoms with Crippen molar-refractivity contribution in [3.63, 3.8) is 0 Å². The molecule has 1 amide bonds. The standard InChI is InChI=1S/C12H21NO/c1-4-7-8-9-10-11-12(14)13(5-2)6-3/h1H,5-11H2,2-3H3. The van der Waals surface area contributed by atoms with E-state index in [1.165, 1.54) is 0 Å². The number of amides is 1. The van der Waals surface area contributed by atoms with Crippen molar-refractivity contribution in [2.24, 2.45) is 0 Å². The summed E-state index contributed by atoms with van der Waals surface area (Å²) in [5, 5.41) is 0. The summed E-state index contributed by atoms with van der Waals surface area (Å²) in [6, 6.07) is 0. The second-order valence-corrected chi connectivity index (χ2v) is 3.33. The predicted molar refractivity (Wildman–Crippen MR) is 59.8 cm³/mol. The van der Waals surface area contributed by atoms with E-state index >= 15 is 0 Å². The molecule has 0 heterocycles. The van der Waals surface area contributed by atoms with Crippen molar-refractivity contribution in [1.29, 1.82) is 0 Å². The molecule has 0 aromatic carbocycles. The Morgan fingerprint density at radius 2 is 1.86 bits per heavy atom. The van der Waals surface area contributed by atoms with E-state index in [0.717, 1.165) is 38.8 Å². The van der Waals surface area contributed by atoms with Crippen molar-refractivity contribution < 1.29 is 4.79 Å². The molecular weight excluding hydrogens is 174 g/mol. The van der Waals surface area contributed by atoms with Gasteiger partial charge in [-0.1, -0.05) is 6.42 Å². The third-order valence-corrected chi connectivity index (χ3v) is 2.33. The monoisotopic (exact) mass is 195 g/mol. The third-order valence-electron chi connectivity index (χ3n) is 2.33. The zero-order valence-electron chi connectivity index (χ0n) is 9.38. The zero-order valence-corrected chi connectivity index (χ0v) is 9.38. The van der Waals surface area contributed by atoms with Crippen LogP contribution >= 0.6 is 0 Å². The number of terminal acetylenes is 1. The molecule has 0 rings (SSSR count). The van der Waals surface area contributed by atoms with Crippen molar-refractivity contribution >= 4 is 5.91 Å². The van der Waals surface area contributed by atoms with Gasteiger partial charge < -0.3 is 4.90 Å². The minimum Gasteiger partial charge on any atom is -0.343 e. The summed E-state index contributed by atoms with van der Waals surface area (Å²) >= 11 is 0. The molecule has 0 aromatic heterocycles. The van der Waals surface area contributed by atoms with Crippen LogP contribution in [0.5, 0.6) is 0 Å². The SMILES string of the molecule is C#CCCCCCC(=O)N(CC)CC. The van der Waals surface area contributed by atoms with Crippen LogP contribution in [0.1, 0.15) is 46.0 Å². The average molecular weight is 195 g/mol. The average Bonchev–Trinajstić information content (AvgIpc) is 2.19. The molecule has 2 heteroatoms. The van der Waals surface area contributed by atoms with Gasteiger partial charge in [0.15, 0.2) is 0 Å². The molecule has 0 saturated heterocycles. The van der Waals surface area contributed by atoms with Gasteiger partial charge in [-0.15, -0.1) is 12.3 Å². The van der Waals surface area contributed by atoms with Crippen molar-refractivity contribution in [3.05, 3.63) is 0 Å². The fraction of sp³-hybridized carbons (Fsp3) is 0.750. The van der Waals surface area contributed by atoms with E-state index in [0.29, 0.717) is 6.42 Å². The Kier molecular flexibility index (Phi) is 8.02. The minimum absolute atomic E-state index is 0.274. The van der Waals surface area contributed by atoms with Gasteiger partial charge in [0.1, 0.15) is 0 Å². The summed E-state index contributed by atoms with van der Waals surface area (Å²) in [7, 11) is 0. The van der Waals surface area contributed by atoms with Gasteiger partial charge in [0.05, 0.1) is 0 Å². The number of carbonyl (C=O) groups excluding carboxylic acids is 1. The quantitative estimate of drug-likeness (QED) is 0.451. The molecule has 0 N–H and O–H groups in total. The molecule has 0 unspecified atom stereocenters. The third kappa shape index (κ3) is 5.64. The van der Waals surface area contributed by atoms with Gasteiger partial charge in [-0.05, 0) is 26.7 Å². The van der Waals surface area contributed by atoms with Gasteiger partial charge in [0, 0.05) is 25.9 Å². The van der Waals surface area contributed by atoms with Crippen LogP contribution in [0.4, 0.5) is 0 Å². The number of rotatable bonds is 7. The molecule has 0 spiro atoms. The molecule has 0 aliphatic rings. The number of nitrogens with zero attached hydrogens (tertiary/aromatic N) is 1. The number of unbranched alkanes of at least 4 members (excludes halogenated alkanes) is 3. The molecule has 0 atom stereocenters. The highest BCUT2D eigenvalue weighted by molar-refractivity contribution is 5.75. The van der Waals surface area contributed by atoms with Crippen LogP contribution < -0.4 is 0 Å². The van der Waals surface area contributed by atoms with Crippen LogP contribution in [0.25, 0.3) is 0 Å². The largest absolute Gasteiger partial charge is 0.343 e. The zero-order chi connectivity index (χ0) is 10.8. The highest BCUT2D eigenvalue weighted by atomic mass is 16.2. The van der Waals surface area contributed by atoms with E-state index < -0.39 is 0 Å². The smallest absolute Gasteiger partial charge is 0.222 e. The minimum atomic E-state index is 0.274. The van der Waals surface area contributed by atoms with Crippen LogP contribution in [-0.4, -0.2) is 23.9 Å². The Morgan fingerprint density at radius 3 is 2.36 bits per heavy atom. The van der Waals surface area contributed by atoms with E-state index in [4.69, 9.17) is 6.42 Å². The summed E-state index contributed by atoms with van der Waals surface area (Å²) < 4.78 is 0. The van der Waals surface area contributed by atoms with Gasteiger partial charge in [-0.2, -0.15) is 0 Å². The summed E-state index contributed by atoms with van der Waals surface area (Å²) in [6.07, 6.45) is 9.72. The lowest BCUT2D eigenvalue weighted by molar-refractivity contribution is -0.130. The summed E-state index contributed by atoms with van der Waals surface area (Å²) in [5.74, 6) is 2.88. The van der Waals surface area contributed by atoms with Crippen molar-refractivity contribution in [1.82, 2.24) is 4.90 Å². The van der Waals surface area contributed by atoms with Crippen LogP contribution in [0.2, 0.25) is 0 Å². The lowest BCUT2D eigenvalue weighted by Crippen LogP contribution is -2.30. The van der Waals surface area contributed by atoms with Gasteiger partial charge in [-0.3, -0.25) is 4.79 Å². The van der Waals surface area contributed by atoms with E-state index in [2.05, 4.69) is 5.92 Å². The normalized spacial score (nSPS) is 9.50. The molecule has 14 heavy (non-hydrogen) atoms. The fourth-order valence-corrected chi connectivity index (χ4v) is 1.41. The molecule has 0 fully saturated rings. The van der Waals surface area contributed by atoms with Crippen LogP contribution in [0.15, 0.2) is 0 Å². The fourth-order valence-electron chi connectivity index (χ4n) is 1.41. The second kappa shape index (κ2) is 8.62. The molecule has 0 radical (unpaired) electrons. The Bertz CT molecular complexity index is 189. The topological polar surface area (TPSA) is 20.3 Å². The first-order valence-corrected chi connectivity index (χ1v) is 5.47. The van der Waals surface area contributed by atoms with Gasteiger partial charge in [0.2, 0.25) is 5.91 Å². The number of hydrogen-bond acceptors (Lipinski definition) is 1. The van der Waals surface area contributed by atoms with Crippen LogP contribution in [0.3, 0.4) is 0 Å². The molecule has 2 nitrogen and oxygen atoms in total. The predicted octanol–water partition coefficient (Wildman–Crippen LogP) is 2.44. The van der Waals surface area contributed by atoms with Crippen LogP contribution in [0, 0.1) is 12.3 Å². The summed E-state index contributed by atoms with van der Waals surface area (Å²) in [4.78, 5) is 13.4. The molecule has 0 aliphatic carbocycles. The van der Waals surface area contributed by atoms with Crippen molar-refractivity contribution in [2.45, 2.75) is 46.0 Å². The number of carbonyl (C=O) groups is 1. The number of hydrogen-bond donors (Lipinski definition) is 0. The molecule has 0 aromatic rings. The van der Waals surface area contributed by atoms with Crippen LogP contribution in [-0.2, 0) is 4.79 Å². The molecular formula is C12H21NO. The lowest BCUT2D eigenvalue weighted by Gasteiger charge is -2.18. The van der Waals surface area contributed by atoms with Gasteiger partial charge in [-0.25, -0.2) is 0 Å². The Hall–Kier alpha value is -0.970. The maximum absolute atomic E-state index is 11.5.